The van der Waals surface area contributed by atoms with Gasteiger partial charge in [0, 0.05) is 18.1 Å². The van der Waals surface area contributed by atoms with Gasteiger partial charge in [0.25, 0.3) is 0 Å². The third-order valence-electron chi connectivity index (χ3n) is 3.79. The minimum Gasteiger partial charge on any atom is -0.325 e. The number of thioether (sulfide) groups is 1. The van der Waals surface area contributed by atoms with Crippen molar-refractivity contribution in [2.75, 3.05) is 11.1 Å². The molecule has 0 unspecified atom stereocenters. The van der Waals surface area contributed by atoms with Gasteiger partial charge in [-0.2, -0.15) is 13.2 Å². The normalized spacial score (nSPS) is 11.4. The van der Waals surface area contributed by atoms with E-state index in [1.807, 2.05) is 35.8 Å². The molecule has 1 aromatic heterocycles. The van der Waals surface area contributed by atoms with Gasteiger partial charge >= 0.3 is 6.18 Å². The van der Waals surface area contributed by atoms with Crippen molar-refractivity contribution in [3.63, 3.8) is 0 Å². The summed E-state index contributed by atoms with van der Waals surface area (Å²) in [5, 5.41) is 3.12. The van der Waals surface area contributed by atoms with Gasteiger partial charge in [0.15, 0.2) is 5.16 Å². The Balaban J connectivity index is 1.66. The summed E-state index contributed by atoms with van der Waals surface area (Å²) in [5.74, 6) is -0.377. The Kier molecular flexibility index (Phi) is 5.55. The van der Waals surface area contributed by atoms with Crippen LogP contribution in [-0.2, 0) is 11.0 Å². The number of imidazole rings is 1. The Labute approximate surface area is 158 Å². The molecular formula is C19H16F3N3OS. The number of rotatable bonds is 5. The molecule has 0 bridgehead atoms. The standard InChI is InChI=1S/C19H16F3N3OS/c1-13-5-2-3-8-16(13)25-10-9-23-18(25)27-12-17(26)24-15-7-4-6-14(11-15)19(20,21)22/h2-11H,12H2,1H3,(H,24,26). The monoisotopic (exact) mass is 391 g/mol. The van der Waals surface area contributed by atoms with E-state index >= 15 is 0 Å². The van der Waals surface area contributed by atoms with Crippen LogP contribution in [0.3, 0.4) is 0 Å². The number of anilines is 1. The zero-order valence-corrected chi connectivity index (χ0v) is 15.1. The Hall–Kier alpha value is -2.74. The second-order valence-electron chi connectivity index (χ2n) is 5.78. The predicted molar refractivity (Wildman–Crippen MR) is 99.1 cm³/mol. The highest BCUT2D eigenvalue weighted by Crippen LogP contribution is 2.30. The fourth-order valence-corrected chi connectivity index (χ4v) is 3.28. The lowest BCUT2D eigenvalue weighted by molar-refractivity contribution is -0.137. The second kappa shape index (κ2) is 7.87. The van der Waals surface area contributed by atoms with Crippen LogP contribution in [0, 0.1) is 6.92 Å². The summed E-state index contributed by atoms with van der Waals surface area (Å²) in [7, 11) is 0. The number of nitrogens with one attached hydrogen (secondary N) is 1. The number of aromatic nitrogens is 2. The molecule has 3 rings (SSSR count). The van der Waals surface area contributed by atoms with Crippen molar-refractivity contribution < 1.29 is 18.0 Å². The third-order valence-corrected chi connectivity index (χ3v) is 4.75. The van der Waals surface area contributed by atoms with E-state index in [0.717, 1.165) is 23.4 Å². The maximum atomic E-state index is 12.7. The van der Waals surface area contributed by atoms with Gasteiger partial charge in [-0.3, -0.25) is 9.36 Å². The van der Waals surface area contributed by atoms with Gasteiger partial charge in [-0.15, -0.1) is 0 Å². The van der Waals surface area contributed by atoms with Crippen molar-refractivity contribution in [3.8, 4) is 5.69 Å². The maximum Gasteiger partial charge on any atom is 0.416 e. The van der Waals surface area contributed by atoms with Gasteiger partial charge in [0.05, 0.1) is 17.0 Å². The molecule has 0 atom stereocenters. The van der Waals surface area contributed by atoms with Crippen LogP contribution in [0.2, 0.25) is 0 Å². The first kappa shape index (κ1) is 19.0. The lowest BCUT2D eigenvalue weighted by Crippen LogP contribution is -2.15. The van der Waals surface area contributed by atoms with E-state index in [9.17, 15) is 18.0 Å². The maximum absolute atomic E-state index is 12.7. The van der Waals surface area contributed by atoms with Gasteiger partial charge in [0.1, 0.15) is 0 Å². The third kappa shape index (κ3) is 4.71. The van der Waals surface area contributed by atoms with Gasteiger partial charge < -0.3 is 5.32 Å². The first-order valence-electron chi connectivity index (χ1n) is 8.04. The number of hydrogen-bond acceptors (Lipinski definition) is 3. The number of hydrogen-bond donors (Lipinski definition) is 1. The van der Waals surface area contributed by atoms with Crippen molar-refractivity contribution in [3.05, 3.63) is 72.1 Å². The van der Waals surface area contributed by atoms with E-state index in [2.05, 4.69) is 10.3 Å². The summed E-state index contributed by atoms with van der Waals surface area (Å²) >= 11 is 1.21. The molecule has 0 aliphatic rings. The molecule has 0 saturated heterocycles. The van der Waals surface area contributed by atoms with Crippen LogP contribution in [0.15, 0.2) is 66.1 Å². The van der Waals surface area contributed by atoms with E-state index in [4.69, 9.17) is 0 Å². The lowest BCUT2D eigenvalue weighted by atomic mass is 10.2. The quantitative estimate of drug-likeness (QED) is 0.628. The number of carbonyl (C=O) groups is 1. The smallest absolute Gasteiger partial charge is 0.325 e. The van der Waals surface area contributed by atoms with Crippen molar-refractivity contribution in [2.24, 2.45) is 0 Å². The minimum absolute atomic E-state index is 0.0269. The number of aryl methyl sites for hydroxylation is 1. The van der Waals surface area contributed by atoms with Gasteiger partial charge in [0.2, 0.25) is 5.91 Å². The zero-order chi connectivity index (χ0) is 19.4. The van der Waals surface area contributed by atoms with Crippen LogP contribution in [0.4, 0.5) is 18.9 Å². The molecule has 0 aliphatic heterocycles. The Morgan fingerprint density at radius 3 is 2.70 bits per heavy atom. The average molecular weight is 391 g/mol. The highest BCUT2D eigenvalue weighted by molar-refractivity contribution is 7.99. The lowest BCUT2D eigenvalue weighted by Gasteiger charge is -2.11. The van der Waals surface area contributed by atoms with Gasteiger partial charge in [-0.25, -0.2) is 4.98 Å². The molecule has 0 aliphatic carbocycles. The molecule has 140 valence electrons. The number of para-hydroxylation sites is 1. The number of nitrogens with zero attached hydrogens (tertiary/aromatic N) is 2. The summed E-state index contributed by atoms with van der Waals surface area (Å²) in [4.78, 5) is 16.4. The molecule has 1 heterocycles. The number of alkyl halides is 3. The summed E-state index contributed by atoms with van der Waals surface area (Å²) in [6.45, 7) is 1.98. The van der Waals surface area contributed by atoms with Crippen molar-refractivity contribution in [1.82, 2.24) is 9.55 Å². The second-order valence-corrected chi connectivity index (χ2v) is 6.72. The summed E-state index contributed by atoms with van der Waals surface area (Å²) in [6.07, 6.45) is -1.01. The largest absolute Gasteiger partial charge is 0.416 e. The SMILES string of the molecule is Cc1ccccc1-n1ccnc1SCC(=O)Nc1cccc(C(F)(F)F)c1. The number of carbonyl (C=O) groups excluding carboxylic acids is 1. The highest BCUT2D eigenvalue weighted by Gasteiger charge is 2.30. The van der Waals surface area contributed by atoms with Crippen molar-refractivity contribution in [1.29, 1.82) is 0 Å². The van der Waals surface area contributed by atoms with Crippen LogP contribution < -0.4 is 5.32 Å². The van der Waals surface area contributed by atoms with Crippen LogP contribution >= 0.6 is 11.8 Å². The Morgan fingerprint density at radius 1 is 1.19 bits per heavy atom. The van der Waals surface area contributed by atoms with E-state index in [1.165, 1.54) is 23.9 Å². The van der Waals surface area contributed by atoms with Gasteiger partial charge in [-0.1, -0.05) is 36.0 Å². The predicted octanol–water partition coefficient (Wildman–Crippen LogP) is 4.93. The molecule has 2 aromatic carbocycles. The number of amides is 1. The fraction of sp³-hybridized carbons (Fsp3) is 0.158. The van der Waals surface area contributed by atoms with E-state index in [1.54, 1.807) is 12.4 Å². The van der Waals surface area contributed by atoms with Crippen LogP contribution in [0.25, 0.3) is 5.69 Å². The number of benzene rings is 2. The number of halogens is 3. The first-order chi connectivity index (χ1) is 12.8. The molecule has 4 nitrogen and oxygen atoms in total. The Morgan fingerprint density at radius 2 is 1.96 bits per heavy atom. The average Bonchev–Trinajstić information content (AvgIpc) is 3.08. The molecule has 0 spiro atoms. The summed E-state index contributed by atoms with van der Waals surface area (Å²) < 4.78 is 40.1. The summed E-state index contributed by atoms with van der Waals surface area (Å²) in [6, 6.07) is 12.3. The van der Waals surface area contributed by atoms with E-state index in [0.29, 0.717) is 5.16 Å². The molecule has 0 fully saturated rings. The molecule has 0 radical (unpaired) electrons. The fourth-order valence-electron chi connectivity index (χ4n) is 2.51. The van der Waals surface area contributed by atoms with Crippen molar-refractivity contribution in [2.45, 2.75) is 18.3 Å². The molecule has 27 heavy (non-hydrogen) atoms. The van der Waals surface area contributed by atoms with Crippen LogP contribution in [0.5, 0.6) is 0 Å². The van der Waals surface area contributed by atoms with Gasteiger partial charge in [-0.05, 0) is 36.8 Å². The Bertz CT molecular complexity index is 953. The topological polar surface area (TPSA) is 46.9 Å². The zero-order valence-electron chi connectivity index (χ0n) is 14.3. The summed E-state index contributed by atoms with van der Waals surface area (Å²) in [5.41, 5.74) is 1.32. The molecular weight excluding hydrogens is 375 g/mol. The van der Waals surface area contributed by atoms with Crippen LogP contribution in [0.1, 0.15) is 11.1 Å². The van der Waals surface area contributed by atoms with Crippen molar-refractivity contribution >= 4 is 23.4 Å². The molecule has 1 amide bonds. The molecule has 8 heteroatoms. The minimum atomic E-state index is -4.45. The highest BCUT2D eigenvalue weighted by atomic mass is 32.2. The van der Waals surface area contributed by atoms with E-state index in [-0.39, 0.29) is 11.4 Å². The molecule has 3 aromatic rings. The van der Waals surface area contributed by atoms with Crippen LogP contribution in [-0.4, -0.2) is 21.2 Å². The molecule has 1 N–H and O–H groups in total. The van der Waals surface area contributed by atoms with E-state index < -0.39 is 17.6 Å². The molecule has 0 saturated carbocycles. The first-order valence-corrected chi connectivity index (χ1v) is 9.02.